The highest BCUT2D eigenvalue weighted by atomic mass is 19.4. The molecule has 1 unspecified atom stereocenters. The van der Waals surface area contributed by atoms with Crippen molar-refractivity contribution in [2.45, 2.75) is 25.1 Å². The Kier molecular flexibility index (Phi) is 3.56. The van der Waals surface area contributed by atoms with Gasteiger partial charge in [0.05, 0.1) is 17.3 Å². The number of nitrogens with one attached hydrogen (secondary N) is 2. The van der Waals surface area contributed by atoms with E-state index in [1.165, 1.54) is 18.2 Å². The van der Waals surface area contributed by atoms with Crippen LogP contribution >= 0.6 is 0 Å². The lowest BCUT2D eigenvalue weighted by atomic mass is 10.1. The Bertz CT molecular complexity index is 439. The summed E-state index contributed by atoms with van der Waals surface area (Å²) in [7, 11) is 0. The highest BCUT2D eigenvalue weighted by Crippen LogP contribution is 2.34. The third-order valence-electron chi connectivity index (χ3n) is 2.87. The number of amides is 1. The number of para-hydroxylation sites is 1. The molecule has 1 aromatic carbocycles. The fraction of sp³-hybridized carbons (Fsp3) is 0.417. The van der Waals surface area contributed by atoms with Gasteiger partial charge in [0.15, 0.2) is 0 Å². The summed E-state index contributed by atoms with van der Waals surface area (Å²) in [4.78, 5) is 11.8. The Labute approximate surface area is 102 Å². The van der Waals surface area contributed by atoms with Gasteiger partial charge in [0.1, 0.15) is 0 Å². The van der Waals surface area contributed by atoms with Crippen LogP contribution in [-0.4, -0.2) is 18.5 Å². The lowest BCUT2D eigenvalue weighted by Gasteiger charge is -2.15. The van der Waals surface area contributed by atoms with Crippen LogP contribution in [0.25, 0.3) is 0 Å². The molecule has 3 nitrogen and oxygen atoms in total. The molecule has 1 aromatic rings. The zero-order valence-corrected chi connectivity index (χ0v) is 9.55. The van der Waals surface area contributed by atoms with E-state index in [1.807, 2.05) is 0 Å². The first kappa shape index (κ1) is 12.9. The molecular weight excluding hydrogens is 245 g/mol. The van der Waals surface area contributed by atoms with E-state index in [9.17, 15) is 18.0 Å². The molecule has 1 fully saturated rings. The highest BCUT2D eigenvalue weighted by molar-refractivity contribution is 5.95. The molecule has 1 saturated heterocycles. The van der Waals surface area contributed by atoms with Crippen molar-refractivity contribution in [3.63, 3.8) is 0 Å². The van der Waals surface area contributed by atoms with Gasteiger partial charge in [0.2, 0.25) is 5.91 Å². The molecule has 1 heterocycles. The van der Waals surface area contributed by atoms with Crippen LogP contribution in [0.3, 0.4) is 0 Å². The quantitative estimate of drug-likeness (QED) is 0.855. The van der Waals surface area contributed by atoms with E-state index in [4.69, 9.17) is 0 Å². The topological polar surface area (TPSA) is 41.1 Å². The SMILES string of the molecule is O=C(Nc1ccccc1C(F)(F)F)C1CCCN1. The molecule has 0 radical (unpaired) electrons. The van der Waals surface area contributed by atoms with Crippen molar-refractivity contribution in [1.29, 1.82) is 0 Å². The number of alkyl halides is 3. The molecule has 0 bridgehead atoms. The first-order valence-electron chi connectivity index (χ1n) is 5.69. The maximum absolute atomic E-state index is 12.7. The van der Waals surface area contributed by atoms with Gasteiger partial charge in [-0.25, -0.2) is 0 Å². The number of hydrogen-bond donors (Lipinski definition) is 2. The number of anilines is 1. The second kappa shape index (κ2) is 4.97. The van der Waals surface area contributed by atoms with Gasteiger partial charge < -0.3 is 10.6 Å². The molecular formula is C12H13F3N2O. The minimum atomic E-state index is -4.47. The normalized spacial score (nSPS) is 19.8. The summed E-state index contributed by atoms with van der Waals surface area (Å²) < 4.78 is 38.1. The summed E-state index contributed by atoms with van der Waals surface area (Å²) in [5.74, 6) is -0.413. The van der Waals surface area contributed by atoms with E-state index in [0.29, 0.717) is 6.42 Å². The summed E-state index contributed by atoms with van der Waals surface area (Å²) in [6, 6.07) is 4.58. The minimum absolute atomic E-state index is 0.191. The van der Waals surface area contributed by atoms with Crippen molar-refractivity contribution in [3.05, 3.63) is 29.8 Å². The van der Waals surface area contributed by atoms with Gasteiger partial charge in [-0.2, -0.15) is 13.2 Å². The number of rotatable bonds is 2. The second-order valence-corrected chi connectivity index (χ2v) is 4.18. The van der Waals surface area contributed by atoms with Crippen LogP contribution in [0.4, 0.5) is 18.9 Å². The summed E-state index contributed by atoms with van der Waals surface area (Å²) >= 11 is 0. The van der Waals surface area contributed by atoms with Crippen LogP contribution in [0.5, 0.6) is 0 Å². The Morgan fingerprint density at radius 2 is 2.06 bits per heavy atom. The fourth-order valence-electron chi connectivity index (χ4n) is 1.97. The van der Waals surface area contributed by atoms with Crippen molar-refractivity contribution < 1.29 is 18.0 Å². The smallest absolute Gasteiger partial charge is 0.324 e. The van der Waals surface area contributed by atoms with E-state index < -0.39 is 23.7 Å². The molecule has 18 heavy (non-hydrogen) atoms. The van der Waals surface area contributed by atoms with Gasteiger partial charge in [-0.15, -0.1) is 0 Å². The maximum atomic E-state index is 12.7. The third-order valence-corrected chi connectivity index (χ3v) is 2.87. The van der Waals surface area contributed by atoms with Gasteiger partial charge in [-0.05, 0) is 31.5 Å². The lowest BCUT2D eigenvalue weighted by molar-refractivity contribution is -0.137. The molecule has 0 aliphatic carbocycles. The molecule has 2 rings (SSSR count). The van der Waals surface area contributed by atoms with E-state index >= 15 is 0 Å². The Morgan fingerprint density at radius 3 is 2.67 bits per heavy atom. The average molecular weight is 258 g/mol. The molecule has 1 aliphatic rings. The van der Waals surface area contributed by atoms with Gasteiger partial charge in [-0.1, -0.05) is 12.1 Å². The van der Waals surface area contributed by atoms with E-state index in [-0.39, 0.29) is 5.69 Å². The second-order valence-electron chi connectivity index (χ2n) is 4.18. The Morgan fingerprint density at radius 1 is 1.33 bits per heavy atom. The molecule has 0 aromatic heterocycles. The monoisotopic (exact) mass is 258 g/mol. The largest absolute Gasteiger partial charge is 0.418 e. The fourth-order valence-corrected chi connectivity index (χ4v) is 1.97. The van der Waals surface area contributed by atoms with Gasteiger partial charge in [-0.3, -0.25) is 4.79 Å². The summed E-state index contributed by atoms with van der Waals surface area (Å²) in [6.07, 6.45) is -2.95. The Hall–Kier alpha value is -1.56. The molecule has 0 spiro atoms. The standard InChI is InChI=1S/C12H13F3N2O/c13-12(14,15)8-4-1-2-5-9(8)17-11(18)10-6-3-7-16-10/h1-2,4-5,10,16H,3,6-7H2,(H,17,18). The summed E-state index contributed by atoms with van der Waals surface area (Å²) in [5, 5.41) is 5.28. The zero-order chi connectivity index (χ0) is 13.2. The third kappa shape index (κ3) is 2.81. The average Bonchev–Trinajstić information content (AvgIpc) is 2.81. The van der Waals surface area contributed by atoms with Crippen LogP contribution in [0.15, 0.2) is 24.3 Å². The number of benzene rings is 1. The van der Waals surface area contributed by atoms with Crippen molar-refractivity contribution in [2.24, 2.45) is 0 Å². The first-order valence-corrected chi connectivity index (χ1v) is 5.69. The Balaban J connectivity index is 2.16. The lowest BCUT2D eigenvalue weighted by Crippen LogP contribution is -2.36. The van der Waals surface area contributed by atoms with Crippen LogP contribution in [0.2, 0.25) is 0 Å². The van der Waals surface area contributed by atoms with Crippen molar-refractivity contribution in [1.82, 2.24) is 5.32 Å². The van der Waals surface area contributed by atoms with Crippen molar-refractivity contribution >= 4 is 11.6 Å². The molecule has 1 amide bonds. The van der Waals surface area contributed by atoms with Crippen molar-refractivity contribution in [3.8, 4) is 0 Å². The number of hydrogen-bond acceptors (Lipinski definition) is 2. The molecule has 1 atom stereocenters. The zero-order valence-electron chi connectivity index (χ0n) is 9.55. The highest BCUT2D eigenvalue weighted by Gasteiger charge is 2.34. The molecule has 2 N–H and O–H groups in total. The molecule has 6 heteroatoms. The number of carbonyl (C=O) groups is 1. The molecule has 1 aliphatic heterocycles. The number of carbonyl (C=O) groups excluding carboxylic acids is 1. The maximum Gasteiger partial charge on any atom is 0.418 e. The molecule has 0 saturated carbocycles. The predicted molar refractivity (Wildman–Crippen MR) is 61.1 cm³/mol. The van der Waals surface area contributed by atoms with Gasteiger partial charge in [0, 0.05) is 0 Å². The van der Waals surface area contributed by atoms with Crippen LogP contribution in [0.1, 0.15) is 18.4 Å². The van der Waals surface area contributed by atoms with E-state index in [1.54, 1.807) is 0 Å². The summed E-state index contributed by atoms with van der Waals surface area (Å²) in [6.45, 7) is 0.721. The first-order chi connectivity index (χ1) is 8.48. The number of halogens is 3. The van der Waals surface area contributed by atoms with E-state index in [2.05, 4.69) is 10.6 Å². The van der Waals surface area contributed by atoms with E-state index in [0.717, 1.165) is 19.0 Å². The van der Waals surface area contributed by atoms with Crippen LogP contribution in [0, 0.1) is 0 Å². The predicted octanol–water partition coefficient (Wildman–Crippen LogP) is 2.40. The summed E-state index contributed by atoms with van der Waals surface area (Å²) in [5.41, 5.74) is -1.01. The van der Waals surface area contributed by atoms with Crippen molar-refractivity contribution in [2.75, 3.05) is 11.9 Å². The van der Waals surface area contributed by atoms with Gasteiger partial charge in [0.25, 0.3) is 0 Å². The van der Waals surface area contributed by atoms with Crippen LogP contribution < -0.4 is 10.6 Å². The van der Waals surface area contributed by atoms with Gasteiger partial charge >= 0.3 is 6.18 Å². The molecule has 98 valence electrons. The van der Waals surface area contributed by atoms with Crippen LogP contribution in [-0.2, 0) is 11.0 Å². The minimum Gasteiger partial charge on any atom is -0.324 e.